The van der Waals surface area contributed by atoms with Crippen molar-refractivity contribution in [2.24, 2.45) is 45.3 Å². The van der Waals surface area contributed by atoms with Crippen LogP contribution in [-0.4, -0.2) is 49.0 Å². The van der Waals surface area contributed by atoms with Gasteiger partial charge in [-0.05, 0) is 294 Å². The fourth-order valence-corrected chi connectivity index (χ4v) is 16.7. The van der Waals surface area contributed by atoms with Gasteiger partial charge in [-0.25, -0.2) is 0 Å². The summed E-state index contributed by atoms with van der Waals surface area (Å²) in [5.74, 6) is 16.8. The average Bonchev–Trinajstić information content (AvgIpc) is 3.47. The predicted octanol–water partition coefficient (Wildman–Crippen LogP) is 14.4. The summed E-state index contributed by atoms with van der Waals surface area (Å²) in [6.45, 7) is 11.9. The molecule has 0 bridgehead atoms. The summed E-state index contributed by atoms with van der Waals surface area (Å²) in [4.78, 5) is 36.1. The number of Topliss-reactive ketones (excluding diaryl/α,β-unsaturated/α-hetero) is 3. The molecule has 0 spiro atoms. The molecule has 8 unspecified atom stereocenters. The Morgan fingerprint density at radius 3 is 1.15 bits per heavy atom. The van der Waals surface area contributed by atoms with Crippen molar-refractivity contribution in [2.75, 3.05) is 0 Å². The van der Waals surface area contributed by atoms with Gasteiger partial charge in [0.15, 0.2) is 0 Å². The summed E-state index contributed by atoms with van der Waals surface area (Å²) in [5, 5.41) is 48.6. The molecule has 0 saturated heterocycles. The molecule has 0 heterocycles. The topological polar surface area (TPSA) is 152 Å². The first-order valence-corrected chi connectivity index (χ1v) is 30.0. The van der Waals surface area contributed by atoms with Crippen molar-refractivity contribution in [3.63, 3.8) is 0 Å². The number of hydrogen-bond acceptors (Lipinski definition) is 8. The van der Waals surface area contributed by atoms with E-state index in [4.69, 9.17) is 12.8 Å². The van der Waals surface area contributed by atoms with Crippen LogP contribution in [0.15, 0.2) is 72.8 Å². The first kappa shape index (κ1) is 61.2. The lowest BCUT2D eigenvalue weighted by Crippen LogP contribution is -2.40. The fourth-order valence-electron chi connectivity index (χ4n) is 16.7. The number of phenolic OH excluding ortho intramolecular Hbond substituents is 4. The Morgan fingerprint density at radius 1 is 0.494 bits per heavy atom. The summed E-state index contributed by atoms with van der Waals surface area (Å²) in [5.41, 5.74) is 9.92. The molecule has 4 aromatic rings. The van der Waals surface area contributed by atoms with Crippen molar-refractivity contribution >= 4 is 30.8 Å². The third kappa shape index (κ3) is 12.8. The van der Waals surface area contributed by atoms with E-state index in [9.17, 15) is 39.9 Å². The molecule has 4 fully saturated rings. The van der Waals surface area contributed by atoms with Gasteiger partial charge in [-0.15, -0.1) is 12.8 Å². The molecule has 0 aromatic heterocycles. The molecule has 0 aliphatic heterocycles. The molecule has 4 saturated carbocycles. The van der Waals surface area contributed by atoms with E-state index in [0.29, 0.717) is 76.1 Å². The average molecular weight is 1110 g/mol. The fraction of sp³-hybridized carbons (Fsp3) is 0.542. The molecule has 5 N–H and O–H groups in total. The number of rotatable bonds is 4. The van der Waals surface area contributed by atoms with Gasteiger partial charge in [0.1, 0.15) is 34.9 Å². The monoisotopic (exact) mass is 1110 g/mol. The Hall–Kier alpha value is -5.92. The number of fused-ring (bicyclic) bond motifs is 12. The lowest BCUT2D eigenvalue weighted by atomic mass is 9.59. The van der Waals surface area contributed by atoms with Crippen molar-refractivity contribution in [1.82, 2.24) is 0 Å². The van der Waals surface area contributed by atoms with Crippen LogP contribution in [0, 0.1) is 81.9 Å². The van der Waals surface area contributed by atoms with Gasteiger partial charge in [-0.1, -0.05) is 63.8 Å². The van der Waals surface area contributed by atoms with Crippen LogP contribution in [0.2, 0.25) is 0 Å². The van der Waals surface area contributed by atoms with Crippen LogP contribution in [0.1, 0.15) is 212 Å². The minimum Gasteiger partial charge on any atom is -0.508 e. The van der Waals surface area contributed by atoms with Crippen LogP contribution in [0.3, 0.4) is 0 Å². The molecule has 13 atom stereocenters. The maximum Gasteiger partial charge on any atom is 0.211 e. The minimum atomic E-state index is -0.635. The number of phenols is 4. The van der Waals surface area contributed by atoms with Crippen LogP contribution in [0.5, 0.6) is 23.0 Å². The molecule has 0 amide bonds. The minimum absolute atomic E-state index is 0. The zero-order chi connectivity index (χ0) is 57.3. The quantitative estimate of drug-likeness (QED) is 0.100. The molecule has 8 aliphatic carbocycles. The summed E-state index contributed by atoms with van der Waals surface area (Å²) in [7, 11) is 0. The van der Waals surface area contributed by atoms with E-state index in [1.165, 1.54) is 44.5 Å². The Morgan fingerprint density at radius 2 is 0.815 bits per heavy atom. The van der Waals surface area contributed by atoms with Gasteiger partial charge in [0.05, 0.1) is 0 Å². The second-order valence-electron chi connectivity index (χ2n) is 26.8. The summed E-state index contributed by atoms with van der Waals surface area (Å²) >= 11 is 0. The van der Waals surface area contributed by atoms with Gasteiger partial charge in [-0.3, -0.25) is 14.4 Å². The van der Waals surface area contributed by atoms with Gasteiger partial charge in [0, 0.05) is 21.7 Å². The number of terminal acetylenes is 2. The zero-order valence-corrected chi connectivity index (χ0v) is 49.9. The molecule has 12 rings (SSSR count). The lowest BCUT2D eigenvalue weighted by molar-refractivity contribution is -0.128. The maximum atomic E-state index is 12.3. The molecular weight excluding hydrogens is 1020 g/mol. The number of aromatic hydroxyl groups is 4. The smallest absolute Gasteiger partial charge is 0.211 e. The van der Waals surface area contributed by atoms with Crippen LogP contribution >= 0.6 is 13.5 Å². The molecule has 430 valence electrons. The predicted molar refractivity (Wildman–Crippen MR) is 327 cm³/mol. The van der Waals surface area contributed by atoms with Crippen molar-refractivity contribution in [3.05, 3.63) is 117 Å². The van der Waals surface area contributed by atoms with Gasteiger partial charge >= 0.3 is 0 Å². The van der Waals surface area contributed by atoms with Gasteiger partial charge in [-0.2, -0.15) is 13.5 Å². The number of aryl methyl sites for hydroxylation is 4. The Bertz CT molecular complexity index is 3150. The Balaban J connectivity index is 0.000000141. The molecule has 4 aromatic carbocycles. The molecule has 9 heteroatoms. The summed E-state index contributed by atoms with van der Waals surface area (Å²) in [6.07, 6.45) is 30.6. The molecule has 81 heavy (non-hydrogen) atoms. The number of aliphatic hydroxyl groups excluding tert-OH is 1. The van der Waals surface area contributed by atoms with E-state index < -0.39 is 6.10 Å². The Labute approximate surface area is 490 Å². The SMILES string of the molecule is C#CC(=O)[C@@]1(C)CCC2c3ccc(O)cc3CCC2C1.C#C[C@H](O)[C@@]1(C)CCC2c3ccc(O)cc3CCC2C1.CC#CC(=O)[C@@]1(C)CCC2c3ccc(O)cc3CCC2C1.CC(=O)[C@@]1(C)CCC2c3ccc(O)cc3CCC2C1.S. The van der Waals surface area contributed by atoms with E-state index in [2.05, 4.69) is 68.7 Å². The molecule has 8 aliphatic rings. The zero-order valence-electron chi connectivity index (χ0n) is 48.9. The van der Waals surface area contributed by atoms with E-state index in [1.54, 1.807) is 38.1 Å². The van der Waals surface area contributed by atoms with Gasteiger partial charge in [0.2, 0.25) is 11.6 Å². The third-order valence-corrected chi connectivity index (χ3v) is 21.6. The largest absolute Gasteiger partial charge is 0.508 e. The molecule has 8 nitrogen and oxygen atoms in total. The second kappa shape index (κ2) is 24.9. The summed E-state index contributed by atoms with van der Waals surface area (Å²) < 4.78 is 0. The first-order valence-electron chi connectivity index (χ1n) is 30.0. The Kier molecular flexibility index (Phi) is 18.8. The van der Waals surface area contributed by atoms with E-state index in [0.717, 1.165) is 128 Å². The van der Waals surface area contributed by atoms with Crippen molar-refractivity contribution in [3.8, 4) is 59.5 Å². The summed E-state index contributed by atoms with van der Waals surface area (Å²) in [6, 6.07) is 23.1. The van der Waals surface area contributed by atoms with Gasteiger partial charge < -0.3 is 25.5 Å². The number of hydrogen-bond donors (Lipinski definition) is 5. The van der Waals surface area contributed by atoms with E-state index in [1.807, 2.05) is 31.2 Å². The highest BCUT2D eigenvalue weighted by molar-refractivity contribution is 7.59. The normalized spacial score (nSPS) is 31.9. The van der Waals surface area contributed by atoms with Crippen LogP contribution in [0.25, 0.3) is 0 Å². The van der Waals surface area contributed by atoms with Gasteiger partial charge in [0.25, 0.3) is 0 Å². The standard InChI is InChI=1S/C19H22O2.C18H22O2.C18H20O2.C17H22O2.H2S/c1-3-4-18(21)19(2)10-9-17-14(12-19)6-5-13-11-15(20)7-8-16(13)17;2*1-3-17(20)18(2)9-8-16-13(11-18)5-4-12-10-14(19)6-7-15(12)16;1-11(18)17(2)8-7-16-13(10-17)4-3-12-9-14(19)5-6-15(12)16;/h7-8,11,14,17,20H,5-6,9-10,12H2,1-2H3;1,6-7,10,13,16-17,19-20H,4-5,8-9,11H2,2H3;1,6-7,10,13,16,19H,4-5,8-9,11H2,2H3;5-6,9,13,16,19H,3-4,7-8,10H2,1-2H3;1H2/t14?,17?,19-;13?,16?,17-,18-;13?,16?,18-;13?,16?,17-;/m0000./s1. The van der Waals surface area contributed by atoms with Crippen molar-refractivity contribution in [1.29, 1.82) is 0 Å². The van der Waals surface area contributed by atoms with E-state index in [-0.39, 0.29) is 46.7 Å². The maximum absolute atomic E-state index is 12.3. The number of carbonyl (C=O) groups excluding carboxylic acids is 3. The van der Waals surface area contributed by atoms with Crippen molar-refractivity contribution < 1.29 is 39.9 Å². The number of ketones is 3. The highest BCUT2D eigenvalue weighted by atomic mass is 32.1. The highest BCUT2D eigenvalue weighted by Crippen LogP contribution is 2.56. The van der Waals surface area contributed by atoms with E-state index >= 15 is 0 Å². The van der Waals surface area contributed by atoms with Crippen LogP contribution < -0.4 is 0 Å². The van der Waals surface area contributed by atoms with Crippen molar-refractivity contribution in [2.45, 2.75) is 200 Å². The number of aliphatic hydroxyl groups is 1. The third-order valence-electron chi connectivity index (χ3n) is 21.6. The molecule has 0 radical (unpaired) electrons. The second-order valence-corrected chi connectivity index (χ2v) is 26.8. The first-order chi connectivity index (χ1) is 38.1. The highest BCUT2D eigenvalue weighted by Gasteiger charge is 2.47. The molecular formula is C72H88O8S. The lowest BCUT2D eigenvalue weighted by Gasteiger charge is -2.46. The van der Waals surface area contributed by atoms with Crippen LogP contribution in [0.4, 0.5) is 0 Å². The number of benzene rings is 4. The number of carbonyl (C=O) groups is 3. The van der Waals surface area contributed by atoms with Crippen LogP contribution in [-0.2, 0) is 40.1 Å².